The number of ether oxygens (including phenoxy) is 2. The summed E-state index contributed by atoms with van der Waals surface area (Å²) in [4.78, 5) is 0. The van der Waals surface area contributed by atoms with Crippen LogP contribution in [0.15, 0.2) is 30.3 Å². The zero-order chi connectivity index (χ0) is 14.1. The minimum atomic E-state index is 0.256. The number of hydrogen-bond donors (Lipinski definition) is 1. The third-order valence-electron chi connectivity index (χ3n) is 3.56. The molecule has 0 atom stereocenters. The number of halogens is 1. The molecule has 3 nitrogen and oxygen atoms in total. The molecule has 2 aromatic carbocycles. The molecule has 1 N–H and O–H groups in total. The topological polar surface area (TPSA) is 30.5 Å². The van der Waals surface area contributed by atoms with Crippen molar-refractivity contribution in [2.24, 2.45) is 0 Å². The summed E-state index contributed by atoms with van der Waals surface area (Å²) in [5.41, 5.74) is 4.70. The minimum Gasteiger partial charge on any atom is -0.454 e. The van der Waals surface area contributed by atoms with Crippen molar-refractivity contribution in [1.29, 1.82) is 0 Å². The van der Waals surface area contributed by atoms with E-state index in [1.54, 1.807) is 6.07 Å². The van der Waals surface area contributed by atoms with Gasteiger partial charge in [0, 0.05) is 18.7 Å². The first-order chi connectivity index (χ1) is 9.65. The van der Waals surface area contributed by atoms with Crippen LogP contribution in [0.4, 0.5) is 5.69 Å². The molecule has 4 heteroatoms. The van der Waals surface area contributed by atoms with E-state index in [9.17, 15) is 0 Å². The van der Waals surface area contributed by atoms with Crippen LogP contribution in [-0.2, 0) is 6.54 Å². The average molecular weight is 290 g/mol. The van der Waals surface area contributed by atoms with Crippen LogP contribution in [0.2, 0.25) is 5.02 Å². The van der Waals surface area contributed by atoms with Gasteiger partial charge in [0.1, 0.15) is 0 Å². The fraction of sp³-hybridized carbons (Fsp3) is 0.250. The molecule has 2 aromatic rings. The molecule has 0 radical (unpaired) electrons. The Kier molecular flexibility index (Phi) is 3.45. The Bertz CT molecular complexity index is 635. The van der Waals surface area contributed by atoms with Crippen molar-refractivity contribution in [2.45, 2.75) is 20.4 Å². The Balaban J connectivity index is 1.82. The molecule has 1 aliphatic rings. The molecule has 0 bridgehead atoms. The van der Waals surface area contributed by atoms with Gasteiger partial charge in [0.05, 0.1) is 10.7 Å². The van der Waals surface area contributed by atoms with E-state index < -0.39 is 0 Å². The Morgan fingerprint density at radius 2 is 1.75 bits per heavy atom. The minimum absolute atomic E-state index is 0.256. The molecule has 0 spiro atoms. The van der Waals surface area contributed by atoms with E-state index in [2.05, 4.69) is 37.4 Å². The number of aryl methyl sites for hydroxylation is 2. The lowest BCUT2D eigenvalue weighted by molar-refractivity contribution is 0.174. The van der Waals surface area contributed by atoms with E-state index in [1.807, 2.05) is 6.07 Å². The first-order valence-corrected chi connectivity index (χ1v) is 6.91. The number of rotatable bonds is 3. The van der Waals surface area contributed by atoms with Crippen LogP contribution in [0.5, 0.6) is 11.5 Å². The number of nitrogens with one attached hydrogen (secondary N) is 1. The molecule has 0 unspecified atom stereocenters. The van der Waals surface area contributed by atoms with Crippen molar-refractivity contribution in [2.75, 3.05) is 12.1 Å². The molecular formula is C16H16ClNO2. The van der Waals surface area contributed by atoms with E-state index in [0.29, 0.717) is 10.8 Å². The predicted octanol–water partition coefficient (Wildman–Crippen LogP) is 4.30. The number of fused-ring (bicyclic) bond motifs is 1. The van der Waals surface area contributed by atoms with Gasteiger partial charge in [0.2, 0.25) is 6.79 Å². The molecular weight excluding hydrogens is 274 g/mol. The van der Waals surface area contributed by atoms with Gasteiger partial charge in [-0.2, -0.15) is 0 Å². The lowest BCUT2D eigenvalue weighted by Gasteiger charge is -2.13. The number of hydrogen-bond acceptors (Lipinski definition) is 3. The Hall–Kier alpha value is -1.87. The summed E-state index contributed by atoms with van der Waals surface area (Å²) in [5, 5.41) is 4.01. The first-order valence-electron chi connectivity index (χ1n) is 6.53. The lowest BCUT2D eigenvalue weighted by atomic mass is 10.0. The maximum atomic E-state index is 6.26. The molecule has 3 rings (SSSR count). The summed E-state index contributed by atoms with van der Waals surface area (Å²) in [6.07, 6.45) is 0. The normalized spacial score (nSPS) is 12.6. The SMILES string of the molecule is Cc1cccc(C)c1CNc1cc2c(cc1Cl)OCO2. The summed E-state index contributed by atoms with van der Waals surface area (Å²) in [6.45, 7) is 5.22. The average Bonchev–Trinajstić information content (AvgIpc) is 2.85. The van der Waals surface area contributed by atoms with Gasteiger partial charge in [-0.05, 0) is 30.5 Å². The Morgan fingerprint density at radius 1 is 1.10 bits per heavy atom. The highest BCUT2D eigenvalue weighted by molar-refractivity contribution is 6.33. The van der Waals surface area contributed by atoms with Gasteiger partial charge in [-0.25, -0.2) is 0 Å². The number of anilines is 1. The molecule has 20 heavy (non-hydrogen) atoms. The third kappa shape index (κ3) is 2.41. The van der Waals surface area contributed by atoms with E-state index in [-0.39, 0.29) is 6.79 Å². The lowest BCUT2D eigenvalue weighted by Crippen LogP contribution is -2.03. The van der Waals surface area contributed by atoms with Crippen LogP contribution in [0, 0.1) is 13.8 Å². The molecule has 0 amide bonds. The molecule has 0 saturated carbocycles. The fourth-order valence-corrected chi connectivity index (χ4v) is 2.58. The van der Waals surface area contributed by atoms with Gasteiger partial charge < -0.3 is 14.8 Å². The van der Waals surface area contributed by atoms with Crippen molar-refractivity contribution >= 4 is 17.3 Å². The van der Waals surface area contributed by atoms with Crippen molar-refractivity contribution in [3.63, 3.8) is 0 Å². The third-order valence-corrected chi connectivity index (χ3v) is 3.88. The second-order valence-corrected chi connectivity index (χ2v) is 5.32. The molecule has 1 heterocycles. The summed E-state index contributed by atoms with van der Waals surface area (Å²) in [6, 6.07) is 9.98. The molecule has 0 fully saturated rings. The van der Waals surface area contributed by atoms with Crippen LogP contribution in [0.3, 0.4) is 0 Å². The van der Waals surface area contributed by atoms with Gasteiger partial charge in [-0.1, -0.05) is 29.8 Å². The van der Waals surface area contributed by atoms with Crippen molar-refractivity contribution in [1.82, 2.24) is 0 Å². The van der Waals surface area contributed by atoms with Gasteiger partial charge in [0.15, 0.2) is 11.5 Å². The van der Waals surface area contributed by atoms with Crippen LogP contribution < -0.4 is 14.8 Å². The Labute approximate surface area is 123 Å². The second kappa shape index (κ2) is 5.25. The molecule has 0 saturated heterocycles. The number of benzene rings is 2. The van der Waals surface area contributed by atoms with E-state index >= 15 is 0 Å². The molecule has 104 valence electrons. The monoisotopic (exact) mass is 289 g/mol. The standard InChI is InChI=1S/C16H16ClNO2/c1-10-4-3-5-11(2)12(10)8-18-14-7-16-15(6-13(14)17)19-9-20-16/h3-7,18H,8-9H2,1-2H3. The summed E-state index contributed by atoms with van der Waals surface area (Å²) < 4.78 is 10.7. The summed E-state index contributed by atoms with van der Waals surface area (Å²) >= 11 is 6.26. The van der Waals surface area contributed by atoms with Gasteiger partial charge in [0.25, 0.3) is 0 Å². The molecule has 0 aliphatic carbocycles. The molecule has 1 aliphatic heterocycles. The predicted molar refractivity (Wildman–Crippen MR) is 80.8 cm³/mol. The van der Waals surface area contributed by atoms with Crippen LogP contribution in [0.1, 0.15) is 16.7 Å². The maximum Gasteiger partial charge on any atom is 0.231 e. The van der Waals surface area contributed by atoms with Crippen molar-refractivity contribution in [3.8, 4) is 11.5 Å². The fourth-order valence-electron chi connectivity index (χ4n) is 2.36. The summed E-state index contributed by atoms with van der Waals surface area (Å²) in [7, 11) is 0. The first kappa shape index (κ1) is 13.1. The van der Waals surface area contributed by atoms with Gasteiger partial charge in [-0.3, -0.25) is 0 Å². The summed E-state index contributed by atoms with van der Waals surface area (Å²) in [5.74, 6) is 1.44. The maximum absolute atomic E-state index is 6.26. The zero-order valence-corrected chi connectivity index (χ0v) is 12.3. The molecule has 0 aromatic heterocycles. The van der Waals surface area contributed by atoms with E-state index in [1.165, 1.54) is 16.7 Å². The van der Waals surface area contributed by atoms with E-state index in [4.69, 9.17) is 21.1 Å². The largest absolute Gasteiger partial charge is 0.454 e. The van der Waals surface area contributed by atoms with Crippen molar-refractivity contribution < 1.29 is 9.47 Å². The van der Waals surface area contributed by atoms with Crippen LogP contribution >= 0.6 is 11.6 Å². The van der Waals surface area contributed by atoms with E-state index in [0.717, 1.165) is 18.0 Å². The Morgan fingerprint density at radius 3 is 2.45 bits per heavy atom. The van der Waals surface area contributed by atoms with Crippen LogP contribution in [-0.4, -0.2) is 6.79 Å². The highest BCUT2D eigenvalue weighted by Crippen LogP contribution is 2.39. The van der Waals surface area contributed by atoms with Crippen LogP contribution in [0.25, 0.3) is 0 Å². The highest BCUT2D eigenvalue weighted by atomic mass is 35.5. The van der Waals surface area contributed by atoms with Gasteiger partial charge in [-0.15, -0.1) is 0 Å². The zero-order valence-electron chi connectivity index (χ0n) is 11.5. The van der Waals surface area contributed by atoms with Crippen molar-refractivity contribution in [3.05, 3.63) is 52.0 Å². The van der Waals surface area contributed by atoms with Gasteiger partial charge >= 0.3 is 0 Å². The quantitative estimate of drug-likeness (QED) is 0.914. The highest BCUT2D eigenvalue weighted by Gasteiger charge is 2.16. The smallest absolute Gasteiger partial charge is 0.231 e. The second-order valence-electron chi connectivity index (χ2n) is 4.91.